The molecule has 0 unspecified atom stereocenters. The molecule has 0 fully saturated rings. The molecule has 11 heteroatoms. The molecule has 0 saturated heterocycles. The van der Waals surface area contributed by atoms with Crippen molar-refractivity contribution in [2.75, 3.05) is 5.73 Å². The van der Waals surface area contributed by atoms with Crippen LogP contribution in [0.5, 0.6) is 0 Å². The summed E-state index contributed by atoms with van der Waals surface area (Å²) in [4.78, 5) is 10.1. The van der Waals surface area contributed by atoms with Crippen molar-refractivity contribution < 1.29 is 37.6 Å². The molecule has 0 spiro atoms. The van der Waals surface area contributed by atoms with Crippen LogP contribution in [0.3, 0.4) is 0 Å². The molecule has 0 atom stereocenters. The van der Waals surface area contributed by atoms with Crippen molar-refractivity contribution in [2.45, 2.75) is 7.43 Å². The van der Waals surface area contributed by atoms with Gasteiger partial charge < -0.3 is 5.73 Å². The van der Waals surface area contributed by atoms with Crippen molar-refractivity contribution in [2.24, 2.45) is 0 Å². The predicted molar refractivity (Wildman–Crippen MR) is 136 cm³/mol. The fraction of sp³-hybridized carbons (Fsp3) is 0.0400. The van der Waals surface area contributed by atoms with Crippen molar-refractivity contribution in [1.82, 2.24) is 30.6 Å². The van der Waals surface area contributed by atoms with Crippen molar-refractivity contribution in [3.63, 3.8) is 0 Å². The summed E-state index contributed by atoms with van der Waals surface area (Å²) >= 11 is 0. The maximum Gasteiger partial charge on any atom is 0.278 e. The Bertz CT molecular complexity index is 1510. The maximum absolute atomic E-state index is 10.6. The van der Waals surface area contributed by atoms with Crippen molar-refractivity contribution in [3.05, 3.63) is 108 Å². The molecule has 3 heterocycles. The van der Waals surface area contributed by atoms with Crippen LogP contribution in [0.1, 0.15) is 7.43 Å². The monoisotopic (exact) mass is 555 g/mol. The number of rotatable bonds is 1. The molecule has 0 bridgehead atoms. The number of hydrogen-bond acceptors (Lipinski definition) is 9. The van der Waals surface area contributed by atoms with E-state index in [2.05, 4.69) is 30.6 Å². The zero-order valence-corrected chi connectivity index (χ0v) is 21.2. The van der Waals surface area contributed by atoms with Gasteiger partial charge in [0, 0.05) is 71.4 Å². The van der Waals surface area contributed by atoms with Gasteiger partial charge in [0.05, 0.1) is 47.5 Å². The van der Waals surface area contributed by atoms with Gasteiger partial charge in [0.25, 0.3) is 5.69 Å². The number of non-ortho nitro benzene ring substituents is 1. The van der Waals surface area contributed by atoms with Gasteiger partial charge in [-0.3, -0.25) is 10.1 Å². The number of nitro benzene ring substituents is 1. The maximum atomic E-state index is 10.6. The van der Waals surface area contributed by atoms with Crippen LogP contribution in [0.25, 0.3) is 32.3 Å². The number of nitrogen functional groups attached to an aromatic ring is 1. The normalized spacial score (nSPS) is 9.56. The van der Waals surface area contributed by atoms with Crippen LogP contribution in [-0.2, 0) is 32.7 Å². The molecule has 10 nitrogen and oxygen atoms in total. The number of nitrogens with two attached hydrogens (primary N) is 1. The van der Waals surface area contributed by atoms with Gasteiger partial charge in [-0.1, -0.05) is 56.0 Å². The first-order valence-electron chi connectivity index (χ1n) is 10.1. The minimum Gasteiger partial charge on any atom is -0.398 e. The van der Waals surface area contributed by atoms with E-state index < -0.39 is 4.92 Å². The van der Waals surface area contributed by atoms with Gasteiger partial charge in [-0.05, 0) is 6.07 Å². The molecule has 0 amide bonds. The first-order chi connectivity index (χ1) is 16.6. The van der Waals surface area contributed by atoms with Gasteiger partial charge in [-0.2, -0.15) is 30.6 Å². The van der Waals surface area contributed by atoms with E-state index in [4.69, 9.17) is 5.73 Å². The second kappa shape index (κ2) is 13.8. The van der Waals surface area contributed by atoms with Crippen LogP contribution in [0.2, 0.25) is 0 Å². The zero-order chi connectivity index (χ0) is 23.8. The standard InChI is InChI=1S/C8H5N3O2.C8H7N3.C8H6N2.CH4.Y/c12-11(13)8-3-1-2-6-4-9-10-5-7(6)8;9-8-3-1-2-6-4-10-11-5-7(6)8;1-2-4-8-6-10-9-5-7(8)3-1;;/h1-5H;1-5H,9H2;1-6H;1H4;. The van der Waals surface area contributed by atoms with E-state index in [-0.39, 0.29) is 45.8 Å². The second-order valence-corrected chi connectivity index (χ2v) is 6.98. The Morgan fingerprint density at radius 1 is 0.583 bits per heavy atom. The third-order valence-electron chi connectivity index (χ3n) is 4.84. The molecule has 0 saturated carbocycles. The van der Waals surface area contributed by atoms with Gasteiger partial charge in [0.1, 0.15) is 0 Å². The van der Waals surface area contributed by atoms with Crippen molar-refractivity contribution in [3.8, 4) is 0 Å². The number of nitrogens with zero attached hydrogens (tertiary/aromatic N) is 7. The minimum atomic E-state index is -0.427. The molecular formula is C25H22N8O2Y. The predicted octanol–water partition coefficient (Wildman–Crippen LogP) is 5.01. The fourth-order valence-electron chi connectivity index (χ4n) is 3.16. The summed E-state index contributed by atoms with van der Waals surface area (Å²) in [5, 5.41) is 38.3. The average molecular weight is 555 g/mol. The number of anilines is 1. The Hall–Kier alpha value is -4.02. The Morgan fingerprint density at radius 3 is 1.53 bits per heavy atom. The largest absolute Gasteiger partial charge is 0.398 e. The Kier molecular flexibility index (Phi) is 10.8. The molecule has 3 aromatic heterocycles. The number of fused-ring (bicyclic) bond motifs is 3. The van der Waals surface area contributed by atoms with Crippen LogP contribution >= 0.6 is 0 Å². The quantitative estimate of drug-likeness (QED) is 0.168. The second-order valence-electron chi connectivity index (χ2n) is 6.98. The van der Waals surface area contributed by atoms with E-state index in [1.54, 1.807) is 36.9 Å². The molecular weight excluding hydrogens is 533 g/mol. The van der Waals surface area contributed by atoms with E-state index in [0.717, 1.165) is 32.6 Å². The molecule has 36 heavy (non-hydrogen) atoms. The molecule has 0 aliphatic heterocycles. The molecule has 2 N–H and O–H groups in total. The first kappa shape index (κ1) is 28.2. The van der Waals surface area contributed by atoms with E-state index in [9.17, 15) is 10.1 Å². The Morgan fingerprint density at radius 2 is 1.00 bits per heavy atom. The summed E-state index contributed by atoms with van der Waals surface area (Å²) in [5.74, 6) is 0. The summed E-state index contributed by atoms with van der Waals surface area (Å²) in [5.41, 5.74) is 6.50. The molecule has 177 valence electrons. The summed E-state index contributed by atoms with van der Waals surface area (Å²) in [7, 11) is 0. The molecule has 1 radical (unpaired) electrons. The van der Waals surface area contributed by atoms with E-state index >= 15 is 0 Å². The van der Waals surface area contributed by atoms with E-state index in [1.807, 2.05) is 42.5 Å². The Balaban J connectivity index is 0.000000186. The number of hydrogen-bond donors (Lipinski definition) is 1. The Labute approximate surface area is 232 Å². The average Bonchev–Trinajstić information content (AvgIpc) is 2.89. The number of benzene rings is 3. The molecule has 3 aromatic carbocycles. The summed E-state index contributed by atoms with van der Waals surface area (Å²) in [6, 6.07) is 18.6. The molecule has 0 aliphatic rings. The van der Waals surface area contributed by atoms with Gasteiger partial charge in [-0.15, -0.1) is 0 Å². The SMILES string of the molecule is C.Nc1cccc2cnncc12.O=[N+]([O-])c1cccc2cnncc12.[Y].c1ccc2cnncc2c1. The van der Waals surface area contributed by atoms with Gasteiger partial charge in [-0.25, -0.2) is 0 Å². The third kappa shape index (κ3) is 7.00. The zero-order valence-electron chi connectivity index (χ0n) is 18.3. The topological polar surface area (TPSA) is 146 Å². The van der Waals surface area contributed by atoms with Crippen LogP contribution in [0.4, 0.5) is 11.4 Å². The van der Waals surface area contributed by atoms with Crippen LogP contribution < -0.4 is 5.73 Å². The molecule has 6 aromatic rings. The molecule has 0 aliphatic carbocycles. The number of nitro groups is 1. The summed E-state index contributed by atoms with van der Waals surface area (Å²) in [6.07, 6.45) is 9.79. The summed E-state index contributed by atoms with van der Waals surface area (Å²) in [6.45, 7) is 0. The van der Waals surface area contributed by atoms with E-state index in [0.29, 0.717) is 5.39 Å². The summed E-state index contributed by atoms with van der Waals surface area (Å²) < 4.78 is 0. The smallest absolute Gasteiger partial charge is 0.278 e. The van der Waals surface area contributed by atoms with Crippen LogP contribution in [-0.4, -0.2) is 35.5 Å². The van der Waals surface area contributed by atoms with Gasteiger partial charge in [0.15, 0.2) is 0 Å². The molecule has 6 rings (SSSR count). The van der Waals surface area contributed by atoms with Crippen LogP contribution in [0, 0.1) is 10.1 Å². The van der Waals surface area contributed by atoms with E-state index in [1.165, 1.54) is 18.5 Å². The van der Waals surface area contributed by atoms with Gasteiger partial charge in [0.2, 0.25) is 0 Å². The number of aromatic nitrogens is 6. The minimum absolute atomic E-state index is 0. The van der Waals surface area contributed by atoms with Crippen molar-refractivity contribution in [1.29, 1.82) is 0 Å². The van der Waals surface area contributed by atoms with Crippen molar-refractivity contribution >= 4 is 43.7 Å². The third-order valence-corrected chi connectivity index (χ3v) is 4.84. The van der Waals surface area contributed by atoms with Gasteiger partial charge >= 0.3 is 0 Å². The first-order valence-corrected chi connectivity index (χ1v) is 10.1. The van der Waals surface area contributed by atoms with Crippen LogP contribution in [0.15, 0.2) is 97.8 Å². The fourth-order valence-corrected chi connectivity index (χ4v) is 3.16.